The lowest BCUT2D eigenvalue weighted by Crippen LogP contribution is -2.49. The molecule has 1 saturated heterocycles. The smallest absolute Gasteiger partial charge is 0.260 e. The second-order valence-electron chi connectivity index (χ2n) is 7.03. The van der Waals surface area contributed by atoms with E-state index in [4.69, 9.17) is 14.2 Å². The van der Waals surface area contributed by atoms with E-state index in [-0.39, 0.29) is 18.6 Å². The molecular formula is C22H25NO4. The predicted octanol–water partition coefficient (Wildman–Crippen LogP) is 2.86. The molecule has 2 aromatic rings. The Morgan fingerprint density at radius 2 is 1.89 bits per heavy atom. The highest BCUT2D eigenvalue weighted by atomic mass is 16.5. The zero-order chi connectivity index (χ0) is 18.5. The highest BCUT2D eigenvalue weighted by Gasteiger charge is 2.25. The summed E-state index contributed by atoms with van der Waals surface area (Å²) in [7, 11) is 0. The number of hydrogen-bond acceptors (Lipinski definition) is 4. The molecule has 1 fully saturated rings. The second-order valence-corrected chi connectivity index (χ2v) is 7.03. The summed E-state index contributed by atoms with van der Waals surface area (Å²) in [6, 6.07) is 15.7. The standard InChI is InChI=1S/C22H25NO4/c24-22(16-27-19-7-2-1-3-8-19)23-11-12-25-21(14-23)15-26-20-10-9-17-5-4-6-18(17)13-20/h1-3,7-10,13,21H,4-6,11-12,14-16H2. The van der Waals surface area contributed by atoms with E-state index in [9.17, 15) is 4.79 Å². The maximum Gasteiger partial charge on any atom is 0.260 e. The summed E-state index contributed by atoms with van der Waals surface area (Å²) in [6.07, 6.45) is 3.42. The molecule has 1 unspecified atom stereocenters. The molecule has 2 aliphatic rings. The minimum atomic E-state index is -0.118. The van der Waals surface area contributed by atoms with Gasteiger partial charge in [0.1, 0.15) is 24.2 Å². The maximum absolute atomic E-state index is 12.4. The van der Waals surface area contributed by atoms with Crippen molar-refractivity contribution < 1.29 is 19.0 Å². The fourth-order valence-electron chi connectivity index (χ4n) is 3.63. The summed E-state index contributed by atoms with van der Waals surface area (Å²) in [5.74, 6) is 1.57. The fourth-order valence-corrected chi connectivity index (χ4v) is 3.63. The van der Waals surface area contributed by atoms with Crippen molar-refractivity contribution in [2.45, 2.75) is 25.4 Å². The molecule has 5 nitrogen and oxygen atoms in total. The summed E-state index contributed by atoms with van der Waals surface area (Å²) < 4.78 is 17.3. The van der Waals surface area contributed by atoms with Crippen LogP contribution in [0.25, 0.3) is 0 Å². The van der Waals surface area contributed by atoms with Crippen LogP contribution in [0.3, 0.4) is 0 Å². The number of nitrogens with zero attached hydrogens (tertiary/aromatic N) is 1. The molecule has 0 radical (unpaired) electrons. The normalized spacial score (nSPS) is 18.8. The number of ether oxygens (including phenoxy) is 3. The molecule has 4 rings (SSSR count). The average molecular weight is 367 g/mol. The quantitative estimate of drug-likeness (QED) is 0.788. The van der Waals surface area contributed by atoms with Crippen molar-refractivity contribution in [3.63, 3.8) is 0 Å². The molecule has 1 heterocycles. The first-order valence-corrected chi connectivity index (χ1v) is 9.60. The molecule has 0 spiro atoms. The number of amides is 1. The summed E-state index contributed by atoms with van der Waals surface area (Å²) in [4.78, 5) is 14.2. The molecule has 0 saturated carbocycles. The van der Waals surface area contributed by atoms with Crippen LogP contribution < -0.4 is 9.47 Å². The number of para-hydroxylation sites is 1. The van der Waals surface area contributed by atoms with Crippen molar-refractivity contribution >= 4 is 5.91 Å². The minimum absolute atomic E-state index is 0.0234. The molecule has 1 amide bonds. The van der Waals surface area contributed by atoms with Gasteiger partial charge in [-0.3, -0.25) is 4.79 Å². The molecule has 27 heavy (non-hydrogen) atoms. The second kappa shape index (κ2) is 8.44. The van der Waals surface area contributed by atoms with Crippen molar-refractivity contribution in [3.8, 4) is 11.5 Å². The average Bonchev–Trinajstić information content (AvgIpc) is 3.19. The molecule has 1 aliphatic heterocycles. The zero-order valence-electron chi connectivity index (χ0n) is 15.4. The van der Waals surface area contributed by atoms with E-state index in [1.807, 2.05) is 36.4 Å². The Labute approximate surface area is 159 Å². The number of fused-ring (bicyclic) bond motifs is 1. The number of rotatable bonds is 6. The Morgan fingerprint density at radius 1 is 1.04 bits per heavy atom. The largest absolute Gasteiger partial charge is 0.491 e. The van der Waals surface area contributed by atoms with Crippen LogP contribution in [0, 0.1) is 0 Å². The van der Waals surface area contributed by atoms with Crippen LogP contribution in [0.5, 0.6) is 11.5 Å². The molecule has 0 aromatic heterocycles. The molecule has 142 valence electrons. The molecular weight excluding hydrogens is 342 g/mol. The molecule has 2 aromatic carbocycles. The lowest BCUT2D eigenvalue weighted by molar-refractivity contribution is -0.142. The third-order valence-corrected chi connectivity index (χ3v) is 5.10. The van der Waals surface area contributed by atoms with E-state index in [0.717, 1.165) is 12.2 Å². The fraction of sp³-hybridized carbons (Fsp3) is 0.409. The Balaban J connectivity index is 1.26. The molecule has 0 bridgehead atoms. The number of morpholine rings is 1. The summed E-state index contributed by atoms with van der Waals surface area (Å²) in [6.45, 7) is 2.13. The van der Waals surface area contributed by atoms with Gasteiger partial charge in [0.05, 0.1) is 13.2 Å². The van der Waals surface area contributed by atoms with Gasteiger partial charge < -0.3 is 19.1 Å². The van der Waals surface area contributed by atoms with E-state index < -0.39 is 0 Å². The minimum Gasteiger partial charge on any atom is -0.491 e. The van der Waals surface area contributed by atoms with Crippen molar-refractivity contribution in [3.05, 3.63) is 59.7 Å². The van der Waals surface area contributed by atoms with E-state index in [1.165, 1.54) is 24.0 Å². The van der Waals surface area contributed by atoms with Gasteiger partial charge in [0, 0.05) is 6.54 Å². The van der Waals surface area contributed by atoms with Crippen molar-refractivity contribution in [1.82, 2.24) is 4.90 Å². The van der Waals surface area contributed by atoms with Gasteiger partial charge in [-0.25, -0.2) is 0 Å². The zero-order valence-corrected chi connectivity index (χ0v) is 15.4. The first-order chi connectivity index (χ1) is 13.3. The highest BCUT2D eigenvalue weighted by molar-refractivity contribution is 5.77. The van der Waals surface area contributed by atoms with Gasteiger partial charge in [0.2, 0.25) is 0 Å². The van der Waals surface area contributed by atoms with E-state index in [2.05, 4.69) is 12.1 Å². The van der Waals surface area contributed by atoms with Gasteiger partial charge in [0.15, 0.2) is 6.61 Å². The number of hydrogen-bond donors (Lipinski definition) is 0. The van der Waals surface area contributed by atoms with Crippen LogP contribution in [0.2, 0.25) is 0 Å². The van der Waals surface area contributed by atoms with Crippen molar-refractivity contribution in [2.24, 2.45) is 0 Å². The topological polar surface area (TPSA) is 48.0 Å². The Kier molecular flexibility index (Phi) is 5.58. The van der Waals surface area contributed by atoms with Crippen molar-refractivity contribution in [2.75, 3.05) is 32.9 Å². The molecule has 5 heteroatoms. The van der Waals surface area contributed by atoms with E-state index >= 15 is 0 Å². The Hall–Kier alpha value is -2.53. The van der Waals surface area contributed by atoms with Crippen LogP contribution in [0.15, 0.2) is 48.5 Å². The third-order valence-electron chi connectivity index (χ3n) is 5.10. The predicted molar refractivity (Wildman–Crippen MR) is 102 cm³/mol. The van der Waals surface area contributed by atoms with Gasteiger partial charge in [-0.15, -0.1) is 0 Å². The van der Waals surface area contributed by atoms with Gasteiger partial charge in [-0.2, -0.15) is 0 Å². The highest BCUT2D eigenvalue weighted by Crippen LogP contribution is 2.26. The van der Waals surface area contributed by atoms with Crippen LogP contribution in [0.4, 0.5) is 0 Å². The van der Waals surface area contributed by atoms with Crippen LogP contribution >= 0.6 is 0 Å². The summed E-state index contributed by atoms with van der Waals surface area (Å²) in [5, 5.41) is 0. The molecule has 1 atom stereocenters. The first kappa shape index (κ1) is 17.9. The summed E-state index contributed by atoms with van der Waals surface area (Å²) in [5.41, 5.74) is 2.83. The van der Waals surface area contributed by atoms with Gasteiger partial charge in [-0.05, 0) is 54.7 Å². The summed E-state index contributed by atoms with van der Waals surface area (Å²) >= 11 is 0. The van der Waals surface area contributed by atoms with E-state index in [0.29, 0.717) is 32.1 Å². The van der Waals surface area contributed by atoms with Crippen LogP contribution in [-0.2, 0) is 22.4 Å². The van der Waals surface area contributed by atoms with Crippen molar-refractivity contribution in [1.29, 1.82) is 0 Å². The third kappa shape index (κ3) is 4.61. The van der Waals surface area contributed by atoms with Crippen LogP contribution in [0.1, 0.15) is 17.5 Å². The monoisotopic (exact) mass is 367 g/mol. The lowest BCUT2D eigenvalue weighted by atomic mass is 10.1. The Morgan fingerprint density at radius 3 is 2.78 bits per heavy atom. The SMILES string of the molecule is O=C(COc1ccccc1)N1CCOC(COc2ccc3c(c2)CCC3)C1. The van der Waals surface area contributed by atoms with Gasteiger partial charge >= 0.3 is 0 Å². The number of aryl methyl sites for hydroxylation is 2. The molecule has 1 aliphatic carbocycles. The number of benzene rings is 2. The van der Waals surface area contributed by atoms with E-state index in [1.54, 1.807) is 4.90 Å². The van der Waals surface area contributed by atoms with Crippen LogP contribution in [-0.4, -0.2) is 49.8 Å². The lowest BCUT2D eigenvalue weighted by Gasteiger charge is -2.32. The Bertz CT molecular complexity index is 777. The van der Waals surface area contributed by atoms with Gasteiger partial charge in [-0.1, -0.05) is 24.3 Å². The molecule has 0 N–H and O–H groups in total. The number of carbonyl (C=O) groups is 1. The van der Waals surface area contributed by atoms with Gasteiger partial charge in [0.25, 0.3) is 5.91 Å². The first-order valence-electron chi connectivity index (χ1n) is 9.60. The maximum atomic E-state index is 12.4. The number of carbonyl (C=O) groups excluding carboxylic acids is 1.